The predicted octanol–water partition coefficient (Wildman–Crippen LogP) is 1.27. The predicted molar refractivity (Wildman–Crippen MR) is 80.3 cm³/mol. The highest BCUT2D eigenvalue weighted by molar-refractivity contribution is 7.92. The van der Waals surface area contributed by atoms with E-state index in [9.17, 15) is 17.9 Å². The van der Waals surface area contributed by atoms with Crippen molar-refractivity contribution in [1.29, 1.82) is 0 Å². The minimum Gasteiger partial charge on any atom is -0.392 e. The highest BCUT2D eigenvalue weighted by atomic mass is 32.2. The normalized spacial score (nSPS) is 11.4. The van der Waals surface area contributed by atoms with E-state index in [0.29, 0.717) is 16.8 Å². The molecule has 0 saturated heterocycles. The Morgan fingerprint density at radius 2 is 1.91 bits per heavy atom. The van der Waals surface area contributed by atoms with Crippen LogP contribution in [0, 0.1) is 0 Å². The zero-order chi connectivity index (χ0) is 16.0. The van der Waals surface area contributed by atoms with Gasteiger partial charge in [-0.3, -0.25) is 4.31 Å². The van der Waals surface area contributed by atoms with Gasteiger partial charge < -0.3 is 5.11 Å². The van der Waals surface area contributed by atoms with Crippen molar-refractivity contribution in [3.63, 3.8) is 0 Å². The first-order valence-electron chi connectivity index (χ1n) is 6.57. The third-order valence-electron chi connectivity index (χ3n) is 2.99. The third-order valence-corrected chi connectivity index (χ3v) is 4.67. The molecule has 2 aromatic rings. The van der Waals surface area contributed by atoms with E-state index in [0.717, 1.165) is 4.31 Å². The second kappa shape index (κ2) is 7.28. The van der Waals surface area contributed by atoms with Crippen molar-refractivity contribution < 1.29 is 17.9 Å². The van der Waals surface area contributed by atoms with Crippen LogP contribution >= 0.6 is 0 Å². The van der Waals surface area contributed by atoms with E-state index in [2.05, 4.69) is 9.97 Å². The average Bonchev–Trinajstić information content (AvgIpc) is 2.53. The molecule has 1 N–H and O–H groups in total. The Morgan fingerprint density at radius 1 is 1.18 bits per heavy atom. The first kappa shape index (κ1) is 16.3. The summed E-state index contributed by atoms with van der Waals surface area (Å²) < 4.78 is 38.3. The molecular weight excluding hydrogens is 309 g/mol. The minimum absolute atomic E-state index is 0.00193. The van der Waals surface area contributed by atoms with Gasteiger partial charge in [0.25, 0.3) is 0 Å². The molecule has 0 aliphatic carbocycles. The van der Waals surface area contributed by atoms with E-state index >= 15 is 0 Å². The fourth-order valence-electron chi connectivity index (χ4n) is 1.95. The maximum atomic E-state index is 12.6. The van der Waals surface area contributed by atoms with Gasteiger partial charge in [0, 0.05) is 18.0 Å². The summed E-state index contributed by atoms with van der Waals surface area (Å²) in [7, 11) is -3.83. The van der Waals surface area contributed by atoms with Crippen LogP contribution in [0.1, 0.15) is 11.1 Å². The van der Waals surface area contributed by atoms with E-state index in [-0.39, 0.29) is 13.2 Å². The van der Waals surface area contributed by atoms with Gasteiger partial charge in [-0.15, -0.1) is 0 Å². The van der Waals surface area contributed by atoms with Gasteiger partial charge in [0.15, 0.2) is 0 Å². The molecular formula is C14H16FN3O3S. The summed E-state index contributed by atoms with van der Waals surface area (Å²) in [6.45, 7) is -1.18. The molecule has 1 heterocycles. The quantitative estimate of drug-likeness (QED) is 0.829. The van der Waals surface area contributed by atoms with Crippen LogP contribution in [-0.4, -0.2) is 35.9 Å². The van der Waals surface area contributed by atoms with Crippen LogP contribution in [0.4, 0.5) is 10.1 Å². The summed E-state index contributed by atoms with van der Waals surface area (Å²) in [5, 5.41) is 9.19. The number of aliphatic hydroxyl groups excluding tert-OH is 1. The van der Waals surface area contributed by atoms with Crippen molar-refractivity contribution >= 4 is 15.7 Å². The molecule has 0 fully saturated rings. The van der Waals surface area contributed by atoms with Gasteiger partial charge in [-0.2, -0.15) is 0 Å². The summed E-state index contributed by atoms with van der Waals surface area (Å²) >= 11 is 0. The van der Waals surface area contributed by atoms with Gasteiger partial charge in [0.2, 0.25) is 10.0 Å². The number of rotatable bonds is 7. The number of halogens is 1. The van der Waals surface area contributed by atoms with Crippen molar-refractivity contribution in [2.75, 3.05) is 16.7 Å². The number of hydrogen-bond donors (Lipinski definition) is 1. The maximum absolute atomic E-state index is 12.6. The third kappa shape index (κ3) is 3.99. The second-order valence-electron chi connectivity index (χ2n) is 4.59. The molecule has 1 aromatic heterocycles. The number of nitrogens with zero attached hydrogens (tertiary/aromatic N) is 3. The summed E-state index contributed by atoms with van der Waals surface area (Å²) in [5.74, 6) is -0.607. The van der Waals surface area contributed by atoms with Gasteiger partial charge in [-0.1, -0.05) is 12.1 Å². The molecule has 0 aliphatic heterocycles. The number of anilines is 1. The van der Waals surface area contributed by atoms with Gasteiger partial charge in [0.05, 0.1) is 24.6 Å². The lowest BCUT2D eigenvalue weighted by molar-refractivity contribution is 0.282. The van der Waals surface area contributed by atoms with Crippen molar-refractivity contribution in [2.24, 2.45) is 0 Å². The fourth-order valence-corrected chi connectivity index (χ4v) is 3.14. The van der Waals surface area contributed by atoms with Crippen molar-refractivity contribution in [2.45, 2.75) is 13.2 Å². The van der Waals surface area contributed by atoms with Crippen LogP contribution in [0.15, 0.2) is 43.0 Å². The van der Waals surface area contributed by atoms with Crippen LogP contribution in [-0.2, 0) is 23.2 Å². The first-order chi connectivity index (χ1) is 10.6. The molecule has 1 aromatic carbocycles. The summed E-state index contributed by atoms with van der Waals surface area (Å²) in [5.41, 5.74) is 1.52. The molecule has 0 unspecified atom stereocenters. The number of aliphatic hydroxyl groups is 1. The highest BCUT2D eigenvalue weighted by Crippen LogP contribution is 2.22. The van der Waals surface area contributed by atoms with Crippen molar-refractivity contribution in [3.8, 4) is 0 Å². The van der Waals surface area contributed by atoms with Crippen LogP contribution in [0.5, 0.6) is 0 Å². The standard InChI is InChI=1S/C14H16FN3O3S/c15-4-5-22(20,21)18(9-13-7-16-11-17-8-13)14-3-1-2-12(6-14)10-19/h1-3,6-8,11,19H,4-5,9-10H2. The van der Waals surface area contributed by atoms with Gasteiger partial charge in [-0.05, 0) is 17.7 Å². The molecule has 0 saturated carbocycles. The van der Waals surface area contributed by atoms with Crippen LogP contribution in [0.2, 0.25) is 0 Å². The van der Waals surface area contributed by atoms with Gasteiger partial charge >= 0.3 is 0 Å². The van der Waals surface area contributed by atoms with Gasteiger partial charge in [-0.25, -0.2) is 22.8 Å². The maximum Gasteiger partial charge on any atom is 0.238 e. The highest BCUT2D eigenvalue weighted by Gasteiger charge is 2.23. The van der Waals surface area contributed by atoms with E-state index in [1.54, 1.807) is 24.3 Å². The molecule has 0 spiro atoms. The Bertz CT molecular complexity index is 710. The first-order valence-corrected chi connectivity index (χ1v) is 8.18. The SMILES string of the molecule is O=S(=O)(CCF)N(Cc1cncnc1)c1cccc(CO)c1. The summed E-state index contributed by atoms with van der Waals surface area (Å²) in [6.07, 6.45) is 4.35. The Labute approximate surface area is 128 Å². The van der Waals surface area contributed by atoms with Crippen molar-refractivity contribution in [3.05, 3.63) is 54.1 Å². The van der Waals surface area contributed by atoms with E-state index < -0.39 is 22.5 Å². The number of sulfonamides is 1. The smallest absolute Gasteiger partial charge is 0.238 e. The Morgan fingerprint density at radius 3 is 2.55 bits per heavy atom. The molecule has 22 heavy (non-hydrogen) atoms. The number of benzene rings is 1. The zero-order valence-electron chi connectivity index (χ0n) is 11.8. The van der Waals surface area contributed by atoms with E-state index in [1.807, 2.05) is 0 Å². The van der Waals surface area contributed by atoms with Crippen molar-refractivity contribution in [1.82, 2.24) is 9.97 Å². The molecule has 8 heteroatoms. The summed E-state index contributed by atoms with van der Waals surface area (Å²) in [4.78, 5) is 7.69. The van der Waals surface area contributed by atoms with E-state index in [1.165, 1.54) is 18.7 Å². The molecule has 0 aliphatic rings. The Kier molecular flexibility index (Phi) is 5.40. The average molecular weight is 325 g/mol. The van der Waals surface area contributed by atoms with Crippen LogP contribution in [0.25, 0.3) is 0 Å². The number of alkyl halides is 1. The molecule has 0 bridgehead atoms. The lowest BCUT2D eigenvalue weighted by Gasteiger charge is -2.24. The van der Waals surface area contributed by atoms with E-state index in [4.69, 9.17) is 0 Å². The van der Waals surface area contributed by atoms with Crippen LogP contribution < -0.4 is 4.31 Å². The van der Waals surface area contributed by atoms with Crippen LogP contribution in [0.3, 0.4) is 0 Å². The zero-order valence-corrected chi connectivity index (χ0v) is 12.6. The molecule has 0 amide bonds. The Hall–Kier alpha value is -2.06. The lowest BCUT2D eigenvalue weighted by Crippen LogP contribution is -2.33. The fraction of sp³-hybridized carbons (Fsp3) is 0.286. The largest absolute Gasteiger partial charge is 0.392 e. The molecule has 118 valence electrons. The number of hydrogen-bond acceptors (Lipinski definition) is 5. The molecule has 6 nitrogen and oxygen atoms in total. The molecule has 0 radical (unpaired) electrons. The summed E-state index contributed by atoms with van der Waals surface area (Å²) in [6, 6.07) is 6.47. The van der Waals surface area contributed by atoms with Gasteiger partial charge in [0.1, 0.15) is 13.0 Å². The lowest BCUT2D eigenvalue weighted by atomic mass is 10.2. The second-order valence-corrected chi connectivity index (χ2v) is 6.60. The topological polar surface area (TPSA) is 83.4 Å². The molecule has 0 atom stereocenters. The minimum atomic E-state index is -3.83. The number of aromatic nitrogens is 2. The Balaban J connectivity index is 2.41. The monoisotopic (exact) mass is 325 g/mol. The molecule has 2 rings (SSSR count).